The molecule has 1 amide bonds. The third-order valence-corrected chi connectivity index (χ3v) is 4.32. The lowest BCUT2D eigenvalue weighted by molar-refractivity contribution is -0.130. The van der Waals surface area contributed by atoms with Gasteiger partial charge in [-0.3, -0.25) is 4.79 Å². The second kappa shape index (κ2) is 7.11. The molecule has 2 aromatic rings. The number of carbonyl (C=O) groups excluding carboxylic acids is 1. The molecule has 0 saturated carbocycles. The van der Waals surface area contributed by atoms with Gasteiger partial charge in [0, 0.05) is 36.6 Å². The maximum absolute atomic E-state index is 14.4. The smallest absolute Gasteiger partial charge is 0.243 e. The van der Waals surface area contributed by atoms with E-state index < -0.39 is 17.6 Å². The van der Waals surface area contributed by atoms with E-state index in [1.165, 1.54) is 44.5 Å². The highest BCUT2D eigenvalue weighted by molar-refractivity contribution is 6.09. The van der Waals surface area contributed by atoms with Crippen molar-refractivity contribution in [3.63, 3.8) is 0 Å². The Morgan fingerprint density at radius 3 is 2.19 bits per heavy atom. The average Bonchev–Trinajstić information content (AvgIpc) is 2.63. The lowest BCUT2D eigenvalue weighted by atomic mass is 9.85. The van der Waals surface area contributed by atoms with Crippen LogP contribution in [0, 0.1) is 11.6 Å². The van der Waals surface area contributed by atoms with Crippen molar-refractivity contribution in [3.05, 3.63) is 59.2 Å². The summed E-state index contributed by atoms with van der Waals surface area (Å²) in [5.41, 5.74) is 0.760. The number of rotatable bonds is 4. The van der Waals surface area contributed by atoms with Crippen LogP contribution in [0.4, 0.5) is 8.78 Å². The molecule has 0 bridgehead atoms. The van der Waals surface area contributed by atoms with Gasteiger partial charge in [0.1, 0.15) is 23.1 Å². The Bertz CT molecular complexity index is 841. The Morgan fingerprint density at radius 1 is 1.08 bits per heavy atom. The zero-order chi connectivity index (χ0) is 18.8. The fraction of sp³-hybridized carbons (Fsp3) is 0.263. The summed E-state index contributed by atoms with van der Waals surface area (Å²) in [5, 5.41) is 5.46. The number of hydrogen-bond acceptors (Lipinski definition) is 4. The number of benzene rings is 2. The highest BCUT2D eigenvalue weighted by atomic mass is 19.1. The summed E-state index contributed by atoms with van der Waals surface area (Å²) in [5.74, 6) is -1.58. The minimum Gasteiger partial charge on any atom is -0.497 e. The van der Waals surface area contributed by atoms with E-state index in [4.69, 9.17) is 9.47 Å². The first-order valence-corrected chi connectivity index (χ1v) is 7.97. The van der Waals surface area contributed by atoms with Crippen LogP contribution in [0.5, 0.6) is 11.5 Å². The molecule has 1 atom stereocenters. The molecule has 0 aliphatic carbocycles. The summed E-state index contributed by atoms with van der Waals surface area (Å²) in [6.45, 7) is 0. The van der Waals surface area contributed by atoms with Crippen LogP contribution in [0.3, 0.4) is 0 Å². The molecule has 2 aromatic carbocycles. The molecule has 1 unspecified atom stereocenters. The number of ether oxygens (including phenoxy) is 2. The van der Waals surface area contributed by atoms with Crippen molar-refractivity contribution in [1.29, 1.82) is 0 Å². The Kier molecular flexibility index (Phi) is 4.88. The standard InChI is InChI=1S/C19H18F2N2O3/c1-23-17(24)10-14(18-15(20)5-4-6-16(18)21)19(22-23)11-7-12(25-2)9-13(8-11)26-3/h4-9,14H,10H2,1-3H3. The summed E-state index contributed by atoms with van der Waals surface area (Å²) in [6, 6.07) is 8.69. The minimum absolute atomic E-state index is 0.0906. The van der Waals surface area contributed by atoms with Crippen LogP contribution in [-0.2, 0) is 4.79 Å². The molecule has 0 spiro atoms. The molecule has 0 fully saturated rings. The van der Waals surface area contributed by atoms with Gasteiger partial charge in [0.25, 0.3) is 0 Å². The number of carbonyl (C=O) groups is 1. The molecule has 1 aliphatic rings. The second-order valence-corrected chi connectivity index (χ2v) is 5.90. The largest absolute Gasteiger partial charge is 0.497 e. The van der Waals surface area contributed by atoms with Crippen molar-refractivity contribution in [2.24, 2.45) is 5.10 Å². The van der Waals surface area contributed by atoms with Gasteiger partial charge in [-0.15, -0.1) is 0 Å². The Morgan fingerprint density at radius 2 is 1.65 bits per heavy atom. The van der Waals surface area contributed by atoms with Crippen molar-refractivity contribution >= 4 is 11.6 Å². The van der Waals surface area contributed by atoms with Gasteiger partial charge in [0.05, 0.1) is 19.9 Å². The summed E-state index contributed by atoms with van der Waals surface area (Å²) >= 11 is 0. The van der Waals surface area contributed by atoms with Crippen molar-refractivity contribution in [2.75, 3.05) is 21.3 Å². The van der Waals surface area contributed by atoms with E-state index >= 15 is 0 Å². The van der Waals surface area contributed by atoms with E-state index in [-0.39, 0.29) is 17.9 Å². The van der Waals surface area contributed by atoms with Crippen molar-refractivity contribution in [3.8, 4) is 11.5 Å². The average molecular weight is 360 g/mol. The highest BCUT2D eigenvalue weighted by Crippen LogP contribution is 2.35. The van der Waals surface area contributed by atoms with E-state index in [1.54, 1.807) is 18.2 Å². The maximum atomic E-state index is 14.4. The van der Waals surface area contributed by atoms with Crippen LogP contribution in [0.1, 0.15) is 23.5 Å². The van der Waals surface area contributed by atoms with Crippen LogP contribution in [0.15, 0.2) is 41.5 Å². The fourth-order valence-electron chi connectivity index (χ4n) is 2.99. The highest BCUT2D eigenvalue weighted by Gasteiger charge is 2.34. The number of amides is 1. The zero-order valence-corrected chi connectivity index (χ0v) is 14.6. The predicted molar refractivity (Wildman–Crippen MR) is 92.6 cm³/mol. The minimum atomic E-state index is -0.850. The fourth-order valence-corrected chi connectivity index (χ4v) is 2.99. The number of hydrazone groups is 1. The van der Waals surface area contributed by atoms with Gasteiger partial charge in [-0.2, -0.15) is 5.10 Å². The van der Waals surface area contributed by atoms with E-state index in [9.17, 15) is 13.6 Å². The van der Waals surface area contributed by atoms with Crippen molar-refractivity contribution in [1.82, 2.24) is 5.01 Å². The normalized spacial score (nSPS) is 17.1. The van der Waals surface area contributed by atoms with Crippen molar-refractivity contribution < 1.29 is 23.0 Å². The molecule has 3 rings (SSSR count). The molecule has 1 heterocycles. The molecular formula is C19H18F2N2O3. The first-order chi connectivity index (χ1) is 12.4. The second-order valence-electron chi connectivity index (χ2n) is 5.90. The maximum Gasteiger partial charge on any atom is 0.243 e. The SMILES string of the molecule is COc1cc(OC)cc(C2=NN(C)C(=O)CC2c2c(F)cccc2F)c1. The van der Waals surface area contributed by atoms with Gasteiger partial charge in [0.2, 0.25) is 5.91 Å². The van der Waals surface area contributed by atoms with Gasteiger partial charge in [-0.05, 0) is 24.3 Å². The van der Waals surface area contributed by atoms with E-state index in [1.807, 2.05) is 0 Å². The summed E-state index contributed by atoms with van der Waals surface area (Å²) < 4.78 is 39.3. The summed E-state index contributed by atoms with van der Waals surface area (Å²) in [6.07, 6.45) is -0.0906. The molecule has 1 aliphatic heterocycles. The first kappa shape index (κ1) is 17.8. The van der Waals surface area contributed by atoms with Crippen LogP contribution in [0.2, 0.25) is 0 Å². The van der Waals surface area contributed by atoms with E-state index in [0.717, 1.165) is 0 Å². The molecular weight excluding hydrogens is 342 g/mol. The summed E-state index contributed by atoms with van der Waals surface area (Å²) in [7, 11) is 4.52. The van der Waals surface area contributed by atoms with Crippen LogP contribution < -0.4 is 9.47 Å². The van der Waals surface area contributed by atoms with Gasteiger partial charge in [0.15, 0.2) is 0 Å². The van der Waals surface area contributed by atoms with Crippen LogP contribution in [0.25, 0.3) is 0 Å². The third-order valence-electron chi connectivity index (χ3n) is 4.32. The molecule has 26 heavy (non-hydrogen) atoms. The topological polar surface area (TPSA) is 51.1 Å². The lowest BCUT2D eigenvalue weighted by Crippen LogP contribution is -2.34. The number of methoxy groups -OCH3 is 2. The van der Waals surface area contributed by atoms with Crippen molar-refractivity contribution in [2.45, 2.75) is 12.3 Å². The number of hydrogen-bond donors (Lipinski definition) is 0. The lowest BCUT2D eigenvalue weighted by Gasteiger charge is -2.28. The molecule has 7 heteroatoms. The zero-order valence-electron chi connectivity index (χ0n) is 14.6. The molecule has 0 radical (unpaired) electrons. The number of halogens is 2. The van der Waals surface area contributed by atoms with Gasteiger partial charge in [-0.1, -0.05) is 6.07 Å². The monoisotopic (exact) mass is 360 g/mol. The van der Waals surface area contributed by atoms with E-state index in [2.05, 4.69) is 5.10 Å². The quantitative estimate of drug-likeness (QED) is 0.840. The van der Waals surface area contributed by atoms with E-state index in [0.29, 0.717) is 22.8 Å². The molecule has 0 N–H and O–H groups in total. The van der Waals surface area contributed by atoms with Gasteiger partial charge >= 0.3 is 0 Å². The summed E-state index contributed by atoms with van der Waals surface area (Å²) in [4.78, 5) is 12.1. The molecule has 0 saturated heterocycles. The van der Waals surface area contributed by atoms with Gasteiger partial charge in [-0.25, -0.2) is 13.8 Å². The first-order valence-electron chi connectivity index (χ1n) is 7.97. The van der Waals surface area contributed by atoms with Crippen LogP contribution in [-0.4, -0.2) is 37.9 Å². The molecule has 136 valence electrons. The Hall–Kier alpha value is -2.96. The number of nitrogens with zero attached hydrogens (tertiary/aromatic N) is 2. The third kappa shape index (κ3) is 3.24. The van der Waals surface area contributed by atoms with Gasteiger partial charge < -0.3 is 9.47 Å². The predicted octanol–water partition coefficient (Wildman–Crippen LogP) is 3.33. The Balaban J connectivity index is 2.19. The Labute approximate surface area is 149 Å². The molecule has 0 aromatic heterocycles. The van der Waals surface area contributed by atoms with Crippen LogP contribution >= 0.6 is 0 Å². The molecule has 5 nitrogen and oxygen atoms in total.